The zero-order chi connectivity index (χ0) is 19.2. The van der Waals surface area contributed by atoms with Crippen LogP contribution in [0, 0.1) is 0 Å². The summed E-state index contributed by atoms with van der Waals surface area (Å²) in [5.41, 5.74) is 0.662. The van der Waals surface area contributed by atoms with Gasteiger partial charge in [0.25, 0.3) is 11.5 Å². The molecule has 142 valence electrons. The molecule has 0 bridgehead atoms. The predicted octanol–water partition coefficient (Wildman–Crippen LogP) is 0.804. The summed E-state index contributed by atoms with van der Waals surface area (Å²) in [7, 11) is 1.59. The standard InChI is InChI=1S/C19H22N4O4/c1-27-15-6-4-14(5-7-15)12-20-17(24)13-23-18(25)9-8-16(21-23)19(26)22-10-2-3-11-22/h4-9H,2-3,10-13H2,1H3,(H,20,24). The molecule has 1 fully saturated rings. The number of nitrogens with zero attached hydrogens (tertiary/aromatic N) is 3. The fraction of sp³-hybridized carbons (Fsp3) is 0.368. The van der Waals surface area contributed by atoms with Gasteiger partial charge in [0, 0.05) is 25.7 Å². The summed E-state index contributed by atoms with van der Waals surface area (Å²) < 4.78 is 6.11. The molecule has 0 unspecified atom stereocenters. The van der Waals surface area contributed by atoms with Crippen LogP contribution in [0.4, 0.5) is 0 Å². The first kappa shape index (κ1) is 18.6. The molecular formula is C19H22N4O4. The number of methoxy groups -OCH3 is 1. The molecule has 1 aromatic carbocycles. The third kappa shape index (κ3) is 4.72. The van der Waals surface area contributed by atoms with Gasteiger partial charge in [-0.05, 0) is 36.6 Å². The number of aromatic nitrogens is 2. The first-order chi connectivity index (χ1) is 13.1. The highest BCUT2D eigenvalue weighted by Crippen LogP contribution is 2.11. The molecule has 1 N–H and O–H groups in total. The average Bonchev–Trinajstić information content (AvgIpc) is 3.23. The van der Waals surface area contributed by atoms with Crippen molar-refractivity contribution >= 4 is 11.8 Å². The van der Waals surface area contributed by atoms with Crippen molar-refractivity contribution in [3.8, 4) is 5.75 Å². The number of rotatable bonds is 6. The largest absolute Gasteiger partial charge is 0.497 e. The topological polar surface area (TPSA) is 93.5 Å². The molecule has 27 heavy (non-hydrogen) atoms. The van der Waals surface area contributed by atoms with Gasteiger partial charge in [-0.1, -0.05) is 12.1 Å². The van der Waals surface area contributed by atoms with Crippen LogP contribution in [-0.4, -0.2) is 46.7 Å². The van der Waals surface area contributed by atoms with Crippen molar-refractivity contribution in [3.05, 3.63) is 58.0 Å². The molecule has 2 heterocycles. The van der Waals surface area contributed by atoms with E-state index < -0.39 is 5.56 Å². The van der Waals surface area contributed by atoms with E-state index in [2.05, 4.69) is 10.4 Å². The van der Waals surface area contributed by atoms with E-state index >= 15 is 0 Å². The second-order valence-electron chi connectivity index (χ2n) is 6.34. The fourth-order valence-corrected chi connectivity index (χ4v) is 2.89. The number of amides is 2. The van der Waals surface area contributed by atoms with E-state index in [9.17, 15) is 14.4 Å². The summed E-state index contributed by atoms with van der Waals surface area (Å²) in [6.07, 6.45) is 1.94. The van der Waals surface area contributed by atoms with Gasteiger partial charge < -0.3 is 15.0 Å². The predicted molar refractivity (Wildman–Crippen MR) is 98.5 cm³/mol. The molecule has 8 heteroatoms. The highest BCUT2D eigenvalue weighted by molar-refractivity contribution is 5.92. The molecule has 0 atom stereocenters. The lowest BCUT2D eigenvalue weighted by Gasteiger charge is -2.15. The number of nitrogens with one attached hydrogen (secondary N) is 1. The molecule has 0 saturated carbocycles. The van der Waals surface area contributed by atoms with Crippen LogP contribution in [0.25, 0.3) is 0 Å². The Hall–Kier alpha value is -3.16. The van der Waals surface area contributed by atoms with Crippen molar-refractivity contribution in [1.82, 2.24) is 20.0 Å². The van der Waals surface area contributed by atoms with Crippen molar-refractivity contribution in [2.75, 3.05) is 20.2 Å². The van der Waals surface area contributed by atoms with Crippen LogP contribution >= 0.6 is 0 Å². The molecule has 0 spiro atoms. The van der Waals surface area contributed by atoms with E-state index in [-0.39, 0.29) is 24.1 Å². The van der Waals surface area contributed by atoms with Gasteiger partial charge in [0.2, 0.25) is 5.91 Å². The van der Waals surface area contributed by atoms with Gasteiger partial charge in [-0.15, -0.1) is 0 Å². The maximum Gasteiger partial charge on any atom is 0.274 e. The monoisotopic (exact) mass is 370 g/mol. The number of likely N-dealkylation sites (tertiary alicyclic amines) is 1. The van der Waals surface area contributed by atoms with Crippen molar-refractivity contribution in [2.45, 2.75) is 25.9 Å². The van der Waals surface area contributed by atoms with Crippen LogP contribution < -0.4 is 15.6 Å². The minimum Gasteiger partial charge on any atom is -0.497 e. The highest BCUT2D eigenvalue weighted by Gasteiger charge is 2.21. The number of hydrogen-bond donors (Lipinski definition) is 1. The SMILES string of the molecule is COc1ccc(CNC(=O)Cn2nc(C(=O)N3CCCC3)ccc2=O)cc1. The number of ether oxygens (including phenoxy) is 1. The Labute approximate surface area is 156 Å². The van der Waals surface area contributed by atoms with Gasteiger partial charge in [0.05, 0.1) is 7.11 Å². The van der Waals surface area contributed by atoms with Crippen LogP contribution in [0.15, 0.2) is 41.2 Å². The van der Waals surface area contributed by atoms with E-state index in [0.29, 0.717) is 19.6 Å². The number of carbonyl (C=O) groups is 2. The lowest BCUT2D eigenvalue weighted by Crippen LogP contribution is -2.35. The molecular weight excluding hydrogens is 348 g/mol. The summed E-state index contributed by atoms with van der Waals surface area (Å²) in [4.78, 5) is 38.3. The summed E-state index contributed by atoms with van der Waals surface area (Å²) in [6.45, 7) is 1.48. The summed E-state index contributed by atoms with van der Waals surface area (Å²) in [5.74, 6) is 0.173. The van der Waals surface area contributed by atoms with Gasteiger partial charge in [0.15, 0.2) is 0 Å². The van der Waals surface area contributed by atoms with Crippen molar-refractivity contribution in [2.24, 2.45) is 0 Å². The van der Waals surface area contributed by atoms with Crippen molar-refractivity contribution in [3.63, 3.8) is 0 Å². The second kappa shape index (κ2) is 8.48. The van der Waals surface area contributed by atoms with Gasteiger partial charge in [-0.25, -0.2) is 4.68 Å². The quantitative estimate of drug-likeness (QED) is 0.812. The smallest absolute Gasteiger partial charge is 0.274 e. The number of carbonyl (C=O) groups excluding carboxylic acids is 2. The van der Waals surface area contributed by atoms with Crippen LogP contribution in [0.2, 0.25) is 0 Å². The second-order valence-corrected chi connectivity index (χ2v) is 6.34. The van der Waals surface area contributed by atoms with Crippen molar-refractivity contribution < 1.29 is 14.3 Å². The third-order valence-electron chi connectivity index (χ3n) is 4.42. The zero-order valence-electron chi connectivity index (χ0n) is 15.2. The minimum atomic E-state index is -0.424. The lowest BCUT2D eigenvalue weighted by atomic mass is 10.2. The van der Waals surface area contributed by atoms with Gasteiger partial charge >= 0.3 is 0 Å². The summed E-state index contributed by atoms with van der Waals surface area (Å²) >= 11 is 0. The average molecular weight is 370 g/mol. The maximum absolute atomic E-state index is 12.4. The Morgan fingerprint density at radius 3 is 2.48 bits per heavy atom. The molecule has 8 nitrogen and oxygen atoms in total. The molecule has 0 aliphatic carbocycles. The van der Waals surface area contributed by atoms with E-state index in [4.69, 9.17) is 4.74 Å². The Bertz CT molecular complexity index is 870. The van der Waals surface area contributed by atoms with E-state index in [1.54, 1.807) is 24.1 Å². The summed E-state index contributed by atoms with van der Waals surface area (Å²) in [5, 5.41) is 6.81. The van der Waals surface area contributed by atoms with Gasteiger partial charge in [-0.2, -0.15) is 5.10 Å². The lowest BCUT2D eigenvalue weighted by molar-refractivity contribution is -0.122. The molecule has 1 saturated heterocycles. The highest BCUT2D eigenvalue weighted by atomic mass is 16.5. The Balaban J connectivity index is 1.61. The maximum atomic E-state index is 12.4. The van der Waals surface area contributed by atoms with Gasteiger partial charge in [-0.3, -0.25) is 14.4 Å². The molecule has 1 aliphatic heterocycles. The molecule has 2 amide bonds. The fourth-order valence-electron chi connectivity index (χ4n) is 2.89. The van der Waals surface area contributed by atoms with E-state index in [1.165, 1.54) is 12.1 Å². The Kier molecular flexibility index (Phi) is 5.85. The normalized spacial score (nSPS) is 13.4. The minimum absolute atomic E-state index is 0.180. The Morgan fingerprint density at radius 2 is 1.81 bits per heavy atom. The van der Waals surface area contributed by atoms with Crippen LogP contribution in [0.1, 0.15) is 28.9 Å². The molecule has 1 aromatic heterocycles. The van der Waals surface area contributed by atoms with E-state index in [0.717, 1.165) is 28.8 Å². The first-order valence-electron chi connectivity index (χ1n) is 8.84. The van der Waals surface area contributed by atoms with Crippen LogP contribution in [0.3, 0.4) is 0 Å². The van der Waals surface area contributed by atoms with Gasteiger partial charge in [0.1, 0.15) is 18.0 Å². The number of hydrogen-bond acceptors (Lipinski definition) is 5. The third-order valence-corrected chi connectivity index (χ3v) is 4.42. The summed E-state index contributed by atoms with van der Waals surface area (Å²) in [6, 6.07) is 9.99. The Morgan fingerprint density at radius 1 is 1.11 bits per heavy atom. The zero-order valence-corrected chi connectivity index (χ0v) is 15.2. The number of benzene rings is 1. The molecule has 2 aromatic rings. The molecule has 1 aliphatic rings. The molecule has 0 radical (unpaired) electrons. The molecule has 3 rings (SSSR count). The van der Waals surface area contributed by atoms with Crippen LogP contribution in [0.5, 0.6) is 5.75 Å². The van der Waals surface area contributed by atoms with Crippen LogP contribution in [-0.2, 0) is 17.9 Å². The van der Waals surface area contributed by atoms with E-state index in [1.807, 2.05) is 12.1 Å². The first-order valence-corrected chi connectivity index (χ1v) is 8.84. The van der Waals surface area contributed by atoms with Crippen molar-refractivity contribution in [1.29, 1.82) is 0 Å².